The molecule has 0 radical (unpaired) electrons. The number of nitrogens with zero attached hydrogens (tertiary/aromatic N) is 1. The Morgan fingerprint density at radius 2 is 2.23 bits per heavy atom. The molecule has 0 aliphatic carbocycles. The van der Waals surface area contributed by atoms with Gasteiger partial charge in [-0.05, 0) is 6.92 Å². The monoisotopic (exact) mass is 231 g/mol. The molecule has 0 saturated carbocycles. The summed E-state index contributed by atoms with van der Waals surface area (Å²) in [5, 5.41) is 9.54. The summed E-state index contributed by atoms with van der Waals surface area (Å²) in [5.41, 5.74) is -1.98. The van der Waals surface area contributed by atoms with E-state index in [1.165, 1.54) is 6.20 Å². The third-order valence-corrected chi connectivity index (χ3v) is 3.07. The van der Waals surface area contributed by atoms with Crippen molar-refractivity contribution in [3.05, 3.63) is 16.1 Å². The van der Waals surface area contributed by atoms with Crippen molar-refractivity contribution in [2.24, 2.45) is 0 Å². The summed E-state index contributed by atoms with van der Waals surface area (Å²) in [6.07, 6.45) is 1.18. The van der Waals surface area contributed by atoms with Crippen LogP contribution in [0.25, 0.3) is 0 Å². The normalized spacial score (nSPS) is 13.5. The number of rotatable bonds is 2. The molecule has 0 amide bonds. The fourth-order valence-corrected chi connectivity index (χ4v) is 2.13. The van der Waals surface area contributed by atoms with Crippen LogP contribution in [0.4, 0.5) is 0 Å². The molecule has 1 heterocycles. The molecule has 0 spiro atoms. The van der Waals surface area contributed by atoms with Crippen molar-refractivity contribution in [1.29, 1.82) is 0 Å². The second kappa shape index (κ2) is 4.83. The zero-order valence-electron chi connectivity index (χ0n) is 7.09. The van der Waals surface area contributed by atoms with Gasteiger partial charge in [0.1, 0.15) is 10.1 Å². The van der Waals surface area contributed by atoms with E-state index in [0.717, 1.165) is 11.3 Å². The van der Waals surface area contributed by atoms with E-state index in [0.29, 0.717) is 5.01 Å². The largest absolute Gasteiger partial charge is 1.00 e. The minimum Gasteiger partial charge on any atom is -0.746 e. The van der Waals surface area contributed by atoms with E-state index < -0.39 is 15.6 Å². The van der Waals surface area contributed by atoms with Gasteiger partial charge in [-0.1, -0.05) is 0 Å². The maximum absolute atomic E-state index is 10.3. The Bertz CT molecular complexity index is 374. The first-order chi connectivity index (χ1) is 5.41. The van der Waals surface area contributed by atoms with Crippen LogP contribution in [0, 0.1) is 6.92 Å². The molecule has 0 aromatic carbocycles. The van der Waals surface area contributed by atoms with Gasteiger partial charge in [0, 0.05) is 6.20 Å². The fraction of sp³-hybridized carbons (Fsp3) is 0.400. The van der Waals surface area contributed by atoms with Crippen LogP contribution >= 0.6 is 11.3 Å². The third kappa shape index (κ3) is 3.62. The van der Waals surface area contributed by atoms with Gasteiger partial charge in [-0.25, -0.2) is 13.4 Å². The smallest absolute Gasteiger partial charge is 0.746 e. The van der Waals surface area contributed by atoms with Crippen molar-refractivity contribution in [3.8, 4) is 0 Å². The third-order valence-electron chi connectivity index (χ3n) is 1.16. The van der Waals surface area contributed by atoms with Gasteiger partial charge in [-0.2, -0.15) is 0 Å². The maximum atomic E-state index is 10.3. The summed E-state index contributed by atoms with van der Waals surface area (Å²) in [5.74, 6) is 0. The van der Waals surface area contributed by atoms with Gasteiger partial charge < -0.3 is 9.66 Å². The Labute approximate surface area is 102 Å². The molecule has 8 heteroatoms. The molecule has 1 aromatic heterocycles. The number of aryl methyl sites for hydroxylation is 1. The SMILES string of the molecule is Cc1ncc(C(O)S(=O)(=O)[O-])s1.[Na+]. The summed E-state index contributed by atoms with van der Waals surface area (Å²) in [6.45, 7) is 1.65. The van der Waals surface area contributed by atoms with Crippen LogP contribution in [0.5, 0.6) is 0 Å². The molecular formula is C5H6NNaO4S2. The first-order valence-electron chi connectivity index (χ1n) is 2.96. The van der Waals surface area contributed by atoms with Crippen LogP contribution in [0.2, 0.25) is 0 Å². The zero-order valence-corrected chi connectivity index (χ0v) is 10.7. The predicted molar refractivity (Wildman–Crippen MR) is 41.5 cm³/mol. The molecule has 1 atom stereocenters. The summed E-state index contributed by atoms with van der Waals surface area (Å²) in [6, 6.07) is 0. The summed E-state index contributed by atoms with van der Waals surface area (Å²) < 4.78 is 30.9. The standard InChI is InChI=1S/C5H7NO4S2.Na/c1-3-6-2-4(11-3)5(7)12(8,9)10;/h2,5,7H,1H3,(H,8,9,10);/q;+1/p-1. The quantitative estimate of drug-likeness (QED) is 0.432. The fourth-order valence-electron chi connectivity index (χ4n) is 0.634. The van der Waals surface area contributed by atoms with Gasteiger partial charge in [0.2, 0.25) is 0 Å². The molecule has 1 rings (SSSR count). The Kier molecular flexibility index (Phi) is 5.02. The van der Waals surface area contributed by atoms with Crippen LogP contribution in [0.15, 0.2) is 6.20 Å². The van der Waals surface area contributed by atoms with Crippen molar-refractivity contribution in [2.45, 2.75) is 12.4 Å². The molecular weight excluding hydrogens is 225 g/mol. The number of hydrogen-bond donors (Lipinski definition) is 1. The van der Waals surface area contributed by atoms with Crippen LogP contribution in [-0.2, 0) is 10.1 Å². The van der Waals surface area contributed by atoms with Crippen molar-refractivity contribution in [1.82, 2.24) is 4.98 Å². The second-order valence-corrected chi connectivity index (χ2v) is 4.83. The van der Waals surface area contributed by atoms with Crippen molar-refractivity contribution < 1.29 is 47.6 Å². The zero-order chi connectivity index (χ0) is 9.35. The molecule has 1 N–H and O–H groups in total. The molecule has 1 unspecified atom stereocenters. The molecule has 0 aliphatic heterocycles. The molecule has 0 saturated heterocycles. The van der Waals surface area contributed by atoms with E-state index in [-0.39, 0.29) is 34.4 Å². The number of hydrogen-bond acceptors (Lipinski definition) is 6. The molecule has 0 fully saturated rings. The van der Waals surface area contributed by atoms with Gasteiger partial charge in [0.05, 0.1) is 9.88 Å². The number of thiazole rings is 1. The summed E-state index contributed by atoms with van der Waals surface area (Å²) in [4.78, 5) is 3.76. The Morgan fingerprint density at radius 3 is 2.54 bits per heavy atom. The molecule has 13 heavy (non-hydrogen) atoms. The minimum absolute atomic E-state index is 0. The Hall–Kier alpha value is 0.500. The predicted octanol–water partition coefficient (Wildman–Crippen LogP) is -3.01. The van der Waals surface area contributed by atoms with E-state index in [1.807, 2.05) is 0 Å². The molecule has 1 aromatic rings. The Balaban J connectivity index is 0.00000144. The molecule has 0 bridgehead atoms. The van der Waals surface area contributed by atoms with E-state index in [4.69, 9.17) is 5.11 Å². The van der Waals surface area contributed by atoms with E-state index in [1.54, 1.807) is 6.92 Å². The molecule has 0 aliphatic rings. The average Bonchev–Trinajstić information content (AvgIpc) is 2.32. The average molecular weight is 231 g/mol. The first-order valence-corrected chi connectivity index (χ1v) is 5.25. The van der Waals surface area contributed by atoms with Gasteiger partial charge in [-0.3, -0.25) is 0 Å². The van der Waals surface area contributed by atoms with Crippen LogP contribution < -0.4 is 29.6 Å². The number of aliphatic hydroxyl groups excluding tert-OH is 1. The van der Waals surface area contributed by atoms with E-state index in [9.17, 15) is 13.0 Å². The van der Waals surface area contributed by atoms with Gasteiger partial charge in [0.15, 0.2) is 5.44 Å². The minimum atomic E-state index is -4.67. The van der Waals surface area contributed by atoms with Crippen LogP contribution in [0.1, 0.15) is 15.3 Å². The summed E-state index contributed by atoms with van der Waals surface area (Å²) in [7, 11) is -4.67. The van der Waals surface area contributed by atoms with E-state index >= 15 is 0 Å². The first kappa shape index (κ1) is 13.5. The second-order valence-electron chi connectivity index (χ2n) is 2.13. The maximum Gasteiger partial charge on any atom is 1.00 e. The number of aliphatic hydroxyl groups is 1. The molecule has 5 nitrogen and oxygen atoms in total. The van der Waals surface area contributed by atoms with Crippen LogP contribution in [-0.4, -0.2) is 23.1 Å². The van der Waals surface area contributed by atoms with Crippen LogP contribution in [0.3, 0.4) is 0 Å². The van der Waals surface area contributed by atoms with E-state index in [2.05, 4.69) is 4.98 Å². The topological polar surface area (TPSA) is 90.3 Å². The summed E-state index contributed by atoms with van der Waals surface area (Å²) >= 11 is 0.982. The Morgan fingerprint density at radius 1 is 1.69 bits per heavy atom. The van der Waals surface area contributed by atoms with Gasteiger partial charge >= 0.3 is 29.6 Å². The van der Waals surface area contributed by atoms with Gasteiger partial charge in [-0.15, -0.1) is 11.3 Å². The number of aromatic nitrogens is 1. The van der Waals surface area contributed by atoms with Crippen molar-refractivity contribution >= 4 is 21.5 Å². The van der Waals surface area contributed by atoms with Crippen molar-refractivity contribution in [2.75, 3.05) is 0 Å². The molecule has 68 valence electrons. The van der Waals surface area contributed by atoms with Crippen molar-refractivity contribution in [3.63, 3.8) is 0 Å². The van der Waals surface area contributed by atoms with Gasteiger partial charge in [0.25, 0.3) is 0 Å².